The van der Waals surface area contributed by atoms with Crippen molar-refractivity contribution in [2.75, 3.05) is 37.7 Å². The number of carbonyl (C=O) groups excluding carboxylic acids is 3. The Bertz CT molecular complexity index is 1230. The molecular formula is C27H35F2N5O4. The van der Waals surface area contributed by atoms with E-state index < -0.39 is 23.5 Å². The number of aryl methyl sites for hydroxylation is 1. The van der Waals surface area contributed by atoms with Crippen LogP contribution in [0.5, 0.6) is 0 Å². The number of nitrogens with one attached hydrogen (secondary N) is 1. The predicted octanol–water partition coefficient (Wildman–Crippen LogP) is 3.85. The number of anilines is 1. The van der Waals surface area contributed by atoms with Crippen LogP contribution in [0.3, 0.4) is 0 Å². The van der Waals surface area contributed by atoms with Gasteiger partial charge in [0.25, 0.3) is 0 Å². The van der Waals surface area contributed by atoms with E-state index in [0.29, 0.717) is 50.3 Å². The Morgan fingerprint density at radius 3 is 2.37 bits per heavy atom. The number of carbonyl (C=O) groups is 3. The Morgan fingerprint density at radius 1 is 1.08 bits per heavy atom. The van der Waals surface area contributed by atoms with Gasteiger partial charge in [0, 0.05) is 45.0 Å². The number of halogens is 2. The van der Waals surface area contributed by atoms with Crippen molar-refractivity contribution in [1.29, 1.82) is 0 Å². The molecule has 3 aliphatic heterocycles. The second kappa shape index (κ2) is 10.9. The van der Waals surface area contributed by atoms with Crippen molar-refractivity contribution in [3.05, 3.63) is 23.4 Å². The van der Waals surface area contributed by atoms with Gasteiger partial charge in [-0.3, -0.25) is 19.6 Å². The average molecular weight is 532 g/mol. The molecular weight excluding hydrogens is 496 g/mol. The molecule has 3 fully saturated rings. The van der Waals surface area contributed by atoms with Gasteiger partial charge in [0.15, 0.2) is 5.82 Å². The quantitative estimate of drug-likeness (QED) is 0.589. The molecule has 0 spiro atoms. The molecule has 206 valence electrons. The molecule has 9 nitrogen and oxygen atoms in total. The van der Waals surface area contributed by atoms with E-state index in [1.165, 1.54) is 10.7 Å². The first-order valence-corrected chi connectivity index (χ1v) is 13.6. The highest BCUT2D eigenvalue weighted by Gasteiger charge is 2.34. The van der Waals surface area contributed by atoms with E-state index in [0.717, 1.165) is 32.1 Å². The summed E-state index contributed by atoms with van der Waals surface area (Å²) < 4.78 is 37.7. The van der Waals surface area contributed by atoms with Gasteiger partial charge in [-0.2, -0.15) is 5.10 Å². The third kappa shape index (κ3) is 5.07. The molecule has 0 radical (unpaired) electrons. The van der Waals surface area contributed by atoms with E-state index in [2.05, 4.69) is 10.4 Å². The number of fused-ring (bicyclic) bond motifs is 1. The zero-order chi connectivity index (χ0) is 27.0. The zero-order valence-electron chi connectivity index (χ0n) is 22.0. The summed E-state index contributed by atoms with van der Waals surface area (Å²) in [6.07, 6.45) is 4.85. The number of hydrogen-bond donors (Lipinski definition) is 1. The fraction of sp³-hybridized carbons (Fsp3) is 0.630. The summed E-state index contributed by atoms with van der Waals surface area (Å²) >= 11 is 0. The molecule has 1 unspecified atom stereocenters. The molecule has 0 aliphatic carbocycles. The van der Waals surface area contributed by atoms with Crippen LogP contribution in [-0.2, 0) is 21.4 Å². The third-order valence-corrected chi connectivity index (χ3v) is 8.33. The zero-order valence-corrected chi connectivity index (χ0v) is 22.0. The largest absolute Gasteiger partial charge is 0.450 e. The Morgan fingerprint density at radius 2 is 1.74 bits per heavy atom. The third-order valence-electron chi connectivity index (χ3n) is 8.33. The monoisotopic (exact) mass is 531 g/mol. The van der Waals surface area contributed by atoms with Crippen LogP contribution in [0.1, 0.15) is 63.5 Å². The Kier molecular flexibility index (Phi) is 7.54. The van der Waals surface area contributed by atoms with Crippen LogP contribution in [0.2, 0.25) is 0 Å². The summed E-state index contributed by atoms with van der Waals surface area (Å²) in [5.41, 5.74) is 0.415. The van der Waals surface area contributed by atoms with E-state index >= 15 is 8.78 Å². The van der Waals surface area contributed by atoms with Crippen LogP contribution in [-0.4, -0.2) is 65.4 Å². The molecule has 1 atom stereocenters. The number of aromatic nitrogens is 2. The molecule has 11 heteroatoms. The van der Waals surface area contributed by atoms with Crippen LogP contribution >= 0.6 is 0 Å². The number of imide groups is 1. The smallest absolute Gasteiger partial charge is 0.409 e. The van der Waals surface area contributed by atoms with Crippen LogP contribution in [0.4, 0.5) is 19.3 Å². The summed E-state index contributed by atoms with van der Waals surface area (Å²) in [7, 11) is 1.59. The minimum absolute atomic E-state index is 0.0449. The van der Waals surface area contributed by atoms with Gasteiger partial charge in [0.1, 0.15) is 17.0 Å². The Hall–Kier alpha value is -3.24. The number of piperidine rings is 3. The van der Waals surface area contributed by atoms with Crippen LogP contribution in [0.25, 0.3) is 10.9 Å². The van der Waals surface area contributed by atoms with Crippen molar-refractivity contribution in [3.63, 3.8) is 0 Å². The van der Waals surface area contributed by atoms with Gasteiger partial charge in [-0.25, -0.2) is 13.6 Å². The van der Waals surface area contributed by atoms with Gasteiger partial charge < -0.3 is 14.5 Å². The highest BCUT2D eigenvalue weighted by molar-refractivity contribution is 6.02. The predicted molar refractivity (Wildman–Crippen MR) is 137 cm³/mol. The van der Waals surface area contributed by atoms with Gasteiger partial charge in [-0.1, -0.05) is 0 Å². The summed E-state index contributed by atoms with van der Waals surface area (Å²) in [6.45, 7) is 4.73. The lowest BCUT2D eigenvalue weighted by Gasteiger charge is -2.37. The Labute approximate surface area is 220 Å². The minimum Gasteiger partial charge on any atom is -0.450 e. The SMILES string of the molecule is CCOC(=O)N1CCC(CC2CCN(c3c(F)cc4c(C5CCC(=O)NC5=O)nn(C)c4c3F)CC2)CC1. The van der Waals surface area contributed by atoms with Gasteiger partial charge in [0.05, 0.1) is 18.2 Å². The molecule has 1 aromatic heterocycles. The molecule has 38 heavy (non-hydrogen) atoms. The van der Waals surface area contributed by atoms with Gasteiger partial charge >= 0.3 is 6.09 Å². The standard InChI is InChI=1S/C27H35F2N5O4/c1-3-38-27(37)34-12-8-17(9-13-34)14-16-6-10-33(11-7-16)25-20(28)15-19-23(31-32(2)24(19)22(25)29)18-4-5-21(35)30-26(18)36/h15-18H,3-14H2,1-2H3,(H,30,35,36). The summed E-state index contributed by atoms with van der Waals surface area (Å²) in [5.74, 6) is -1.87. The topological polar surface area (TPSA) is 96.8 Å². The molecule has 4 heterocycles. The summed E-state index contributed by atoms with van der Waals surface area (Å²) in [6, 6.07) is 1.28. The van der Waals surface area contributed by atoms with Crippen molar-refractivity contribution in [1.82, 2.24) is 20.0 Å². The second-order valence-electron chi connectivity index (χ2n) is 10.7. The number of benzene rings is 1. The maximum absolute atomic E-state index is 15.8. The molecule has 0 bridgehead atoms. The van der Waals surface area contributed by atoms with E-state index in [-0.39, 0.29) is 41.4 Å². The van der Waals surface area contributed by atoms with Crippen molar-refractivity contribution in [2.45, 2.75) is 57.8 Å². The van der Waals surface area contributed by atoms with E-state index in [4.69, 9.17) is 4.74 Å². The number of amides is 3. The van der Waals surface area contributed by atoms with E-state index in [9.17, 15) is 14.4 Å². The number of nitrogens with zero attached hydrogens (tertiary/aromatic N) is 4. The normalized spacial score (nSPS) is 21.7. The van der Waals surface area contributed by atoms with E-state index in [1.54, 1.807) is 16.8 Å². The van der Waals surface area contributed by atoms with Gasteiger partial charge in [-0.15, -0.1) is 0 Å². The van der Waals surface area contributed by atoms with Crippen LogP contribution in [0.15, 0.2) is 6.07 Å². The Balaban J connectivity index is 1.24. The van der Waals surface area contributed by atoms with Crippen molar-refractivity contribution >= 4 is 34.5 Å². The van der Waals surface area contributed by atoms with Gasteiger partial charge in [0.2, 0.25) is 11.8 Å². The lowest BCUT2D eigenvalue weighted by molar-refractivity contribution is -0.134. The molecule has 3 amide bonds. The van der Waals surface area contributed by atoms with E-state index in [1.807, 2.05) is 6.92 Å². The fourth-order valence-electron chi connectivity index (χ4n) is 6.31. The van der Waals surface area contributed by atoms with Crippen LogP contribution < -0.4 is 10.2 Å². The van der Waals surface area contributed by atoms with Crippen molar-refractivity contribution < 1.29 is 27.9 Å². The lowest BCUT2D eigenvalue weighted by atomic mass is 9.82. The van der Waals surface area contributed by atoms with Crippen molar-refractivity contribution in [3.8, 4) is 0 Å². The fourth-order valence-corrected chi connectivity index (χ4v) is 6.31. The second-order valence-corrected chi connectivity index (χ2v) is 10.7. The molecule has 3 saturated heterocycles. The number of likely N-dealkylation sites (tertiary alicyclic amines) is 1. The van der Waals surface area contributed by atoms with Crippen molar-refractivity contribution in [2.24, 2.45) is 18.9 Å². The first-order valence-electron chi connectivity index (χ1n) is 13.6. The lowest BCUT2D eigenvalue weighted by Crippen LogP contribution is -2.40. The van der Waals surface area contributed by atoms with Gasteiger partial charge in [-0.05, 0) is 63.4 Å². The summed E-state index contributed by atoms with van der Waals surface area (Å²) in [5, 5.41) is 6.93. The highest BCUT2D eigenvalue weighted by Crippen LogP contribution is 2.38. The highest BCUT2D eigenvalue weighted by atomic mass is 19.1. The molecule has 1 aromatic carbocycles. The molecule has 2 aromatic rings. The summed E-state index contributed by atoms with van der Waals surface area (Å²) in [4.78, 5) is 39.4. The molecule has 1 N–H and O–H groups in total. The molecule has 0 saturated carbocycles. The number of ether oxygens (including phenoxy) is 1. The molecule has 5 rings (SSSR count). The first-order chi connectivity index (χ1) is 18.3. The average Bonchev–Trinajstić information content (AvgIpc) is 3.21. The minimum atomic E-state index is -0.721. The number of hydrogen-bond acceptors (Lipinski definition) is 6. The maximum atomic E-state index is 15.8. The number of rotatable bonds is 5. The maximum Gasteiger partial charge on any atom is 0.409 e. The molecule has 3 aliphatic rings. The first kappa shape index (κ1) is 26.4. The van der Waals surface area contributed by atoms with Crippen LogP contribution in [0, 0.1) is 23.5 Å².